The standard InChI is InChI=1S/C59H41N3/c1-3-53-50(46-26-13-17-31-57(46)62(53)54-32-18-20-40-19-10-11-25-45(40)54)35-39(2)42-37-49(59-52(38-42)48-28-14-16-30-56(48)61(59)44-23-8-5-9-24-44)41-33-34-58-51(36-41)47-27-12-15-29-55(47)60(58)43-21-6-4-7-22-43/h3-38H,2H2,1H3/b50-35-,53-3+. The molecule has 0 radical (unpaired) electrons. The van der Waals surface area contributed by atoms with Crippen LogP contribution in [0, 0.1) is 0 Å². The third-order valence-electron chi connectivity index (χ3n) is 12.7. The number of fused-ring (bicyclic) bond motifs is 8. The lowest BCUT2D eigenvalue weighted by Crippen LogP contribution is -2.28. The van der Waals surface area contributed by atoms with Crippen LogP contribution in [-0.2, 0) is 0 Å². The number of allylic oxidation sites excluding steroid dienone is 1. The van der Waals surface area contributed by atoms with Crippen molar-refractivity contribution in [3.05, 3.63) is 229 Å². The first-order chi connectivity index (χ1) is 30.7. The lowest BCUT2D eigenvalue weighted by Gasteiger charge is -2.14. The summed E-state index contributed by atoms with van der Waals surface area (Å²) in [6, 6.07) is 74.7. The monoisotopic (exact) mass is 791 g/mol. The Labute approximate surface area is 359 Å². The third-order valence-corrected chi connectivity index (χ3v) is 12.7. The van der Waals surface area contributed by atoms with Crippen molar-refractivity contribution in [3.63, 3.8) is 0 Å². The van der Waals surface area contributed by atoms with E-state index < -0.39 is 0 Å². The summed E-state index contributed by atoms with van der Waals surface area (Å²) in [6.45, 7) is 7.00. The molecule has 0 amide bonds. The minimum atomic E-state index is 0.954. The summed E-state index contributed by atoms with van der Waals surface area (Å²) in [5.74, 6) is 0. The van der Waals surface area contributed by atoms with E-state index in [1.807, 2.05) is 0 Å². The van der Waals surface area contributed by atoms with Gasteiger partial charge in [-0.15, -0.1) is 0 Å². The molecule has 0 saturated heterocycles. The Morgan fingerprint density at radius 1 is 0.435 bits per heavy atom. The molecule has 0 fully saturated rings. The molecule has 0 atom stereocenters. The molecule has 3 heteroatoms. The van der Waals surface area contributed by atoms with E-state index in [9.17, 15) is 0 Å². The van der Waals surface area contributed by atoms with Gasteiger partial charge in [0.25, 0.3) is 0 Å². The van der Waals surface area contributed by atoms with Crippen molar-refractivity contribution in [2.75, 3.05) is 0 Å². The molecular weight excluding hydrogens is 751 g/mol. The molecule has 62 heavy (non-hydrogen) atoms. The van der Waals surface area contributed by atoms with Gasteiger partial charge in [0.05, 0.1) is 33.3 Å². The maximum atomic E-state index is 4.86. The highest BCUT2D eigenvalue weighted by atomic mass is 15.0. The van der Waals surface area contributed by atoms with Crippen LogP contribution in [0.2, 0.25) is 0 Å². The molecule has 0 bridgehead atoms. The van der Waals surface area contributed by atoms with Gasteiger partial charge in [0.15, 0.2) is 0 Å². The van der Waals surface area contributed by atoms with Crippen LogP contribution < -0.4 is 10.6 Å². The summed E-state index contributed by atoms with van der Waals surface area (Å²) in [6.07, 6.45) is 4.54. The van der Waals surface area contributed by atoms with Gasteiger partial charge in [0, 0.05) is 59.8 Å². The maximum absolute atomic E-state index is 4.86. The highest BCUT2D eigenvalue weighted by Crippen LogP contribution is 2.42. The summed E-state index contributed by atoms with van der Waals surface area (Å²) in [4.78, 5) is 0. The molecule has 0 spiro atoms. The summed E-state index contributed by atoms with van der Waals surface area (Å²) in [7, 11) is 0. The molecule has 0 aliphatic heterocycles. The van der Waals surface area contributed by atoms with E-state index in [-0.39, 0.29) is 0 Å². The van der Waals surface area contributed by atoms with Crippen LogP contribution in [0.3, 0.4) is 0 Å². The van der Waals surface area contributed by atoms with Crippen molar-refractivity contribution in [1.82, 2.24) is 13.7 Å². The molecule has 0 aliphatic carbocycles. The van der Waals surface area contributed by atoms with Gasteiger partial charge >= 0.3 is 0 Å². The van der Waals surface area contributed by atoms with Crippen LogP contribution in [0.5, 0.6) is 0 Å². The molecular formula is C59H41N3. The van der Waals surface area contributed by atoms with Gasteiger partial charge in [-0.25, -0.2) is 0 Å². The van der Waals surface area contributed by atoms with Gasteiger partial charge in [-0.2, -0.15) is 0 Å². The third kappa shape index (κ3) is 5.45. The summed E-state index contributed by atoms with van der Waals surface area (Å²) >= 11 is 0. The fourth-order valence-corrected chi connectivity index (χ4v) is 9.99. The van der Waals surface area contributed by atoms with E-state index in [1.54, 1.807) is 0 Å². The van der Waals surface area contributed by atoms with Gasteiger partial charge in [0.1, 0.15) is 0 Å². The Morgan fingerprint density at radius 2 is 0.984 bits per heavy atom. The first-order valence-electron chi connectivity index (χ1n) is 21.3. The molecule has 9 aromatic carbocycles. The zero-order valence-electron chi connectivity index (χ0n) is 34.3. The van der Waals surface area contributed by atoms with E-state index in [0.717, 1.165) is 44.2 Å². The summed E-state index contributed by atoms with van der Waals surface area (Å²) in [5.41, 5.74) is 13.7. The number of benzene rings is 9. The summed E-state index contributed by atoms with van der Waals surface area (Å²) < 4.78 is 7.24. The number of aromatic nitrogens is 3. The minimum absolute atomic E-state index is 0.954. The quantitative estimate of drug-likeness (QED) is 0.159. The molecule has 0 aliphatic rings. The van der Waals surface area contributed by atoms with Crippen LogP contribution in [0.4, 0.5) is 0 Å². The molecule has 12 rings (SSSR count). The molecule has 0 N–H and O–H groups in total. The lowest BCUT2D eigenvalue weighted by molar-refractivity contribution is 1.08. The second kappa shape index (κ2) is 14.3. The Hall–Kier alpha value is -8.14. The molecule has 12 aromatic rings. The number of nitrogens with zero attached hydrogens (tertiary/aromatic N) is 3. The fourth-order valence-electron chi connectivity index (χ4n) is 9.99. The maximum Gasteiger partial charge on any atom is 0.0619 e. The average molecular weight is 792 g/mol. The highest BCUT2D eigenvalue weighted by Gasteiger charge is 2.21. The predicted molar refractivity (Wildman–Crippen MR) is 264 cm³/mol. The second-order valence-corrected chi connectivity index (χ2v) is 16.1. The van der Waals surface area contributed by atoms with Crippen LogP contribution in [0.15, 0.2) is 213 Å². The number of hydrogen-bond acceptors (Lipinski definition) is 0. The van der Waals surface area contributed by atoms with Gasteiger partial charge in [0.2, 0.25) is 0 Å². The zero-order valence-corrected chi connectivity index (χ0v) is 34.3. The van der Waals surface area contributed by atoms with E-state index in [2.05, 4.69) is 239 Å². The Morgan fingerprint density at radius 3 is 1.69 bits per heavy atom. The van der Waals surface area contributed by atoms with E-state index in [1.165, 1.54) is 71.0 Å². The van der Waals surface area contributed by atoms with Crippen molar-refractivity contribution in [3.8, 4) is 28.2 Å². The van der Waals surface area contributed by atoms with Crippen LogP contribution in [-0.4, -0.2) is 13.7 Å². The molecule has 0 saturated carbocycles. The first-order valence-corrected chi connectivity index (χ1v) is 21.3. The Kier molecular flexibility index (Phi) is 8.23. The topological polar surface area (TPSA) is 14.8 Å². The van der Waals surface area contributed by atoms with Crippen molar-refractivity contribution >= 4 is 83.0 Å². The minimum Gasteiger partial charge on any atom is -0.309 e. The van der Waals surface area contributed by atoms with Crippen molar-refractivity contribution in [1.29, 1.82) is 0 Å². The van der Waals surface area contributed by atoms with Crippen LogP contribution in [0.1, 0.15) is 12.5 Å². The van der Waals surface area contributed by atoms with Crippen LogP contribution >= 0.6 is 0 Å². The second-order valence-electron chi connectivity index (χ2n) is 16.1. The number of hydrogen-bond donors (Lipinski definition) is 0. The van der Waals surface area contributed by atoms with Crippen molar-refractivity contribution in [2.45, 2.75) is 6.92 Å². The molecule has 292 valence electrons. The van der Waals surface area contributed by atoms with Crippen molar-refractivity contribution in [2.24, 2.45) is 0 Å². The zero-order chi connectivity index (χ0) is 41.3. The normalized spacial score (nSPS) is 12.5. The largest absolute Gasteiger partial charge is 0.309 e. The van der Waals surface area contributed by atoms with E-state index >= 15 is 0 Å². The fraction of sp³-hybridized carbons (Fsp3) is 0.0169. The average Bonchev–Trinajstić information content (AvgIpc) is 3.96. The smallest absolute Gasteiger partial charge is 0.0619 e. The van der Waals surface area contributed by atoms with E-state index in [0.29, 0.717) is 0 Å². The van der Waals surface area contributed by atoms with Gasteiger partial charge in [-0.3, -0.25) is 0 Å². The SMILES string of the molecule is C=C(/C=c1\c(=C/C)n(-c2cccc3ccccc23)c2ccccc12)c1cc(-c2ccc3c(c2)c2ccccc2n3-c2ccccc2)c2c(c1)c1ccccc1n2-c1ccccc1. The van der Waals surface area contributed by atoms with E-state index in [4.69, 9.17) is 6.58 Å². The van der Waals surface area contributed by atoms with Crippen LogP contribution in [0.25, 0.3) is 111 Å². The Balaban J connectivity index is 1.14. The summed E-state index contributed by atoms with van der Waals surface area (Å²) in [5, 5.41) is 10.8. The predicted octanol–water partition coefficient (Wildman–Crippen LogP) is 13.9. The molecule has 3 aromatic heterocycles. The van der Waals surface area contributed by atoms with Gasteiger partial charge in [-0.1, -0.05) is 146 Å². The molecule has 3 heterocycles. The Bertz CT molecular complexity index is 3870. The molecule has 3 nitrogen and oxygen atoms in total. The van der Waals surface area contributed by atoms with Crippen molar-refractivity contribution < 1.29 is 0 Å². The highest BCUT2D eigenvalue weighted by molar-refractivity contribution is 6.17. The molecule has 0 unspecified atom stereocenters. The van der Waals surface area contributed by atoms with Gasteiger partial charge < -0.3 is 13.7 Å². The van der Waals surface area contributed by atoms with Gasteiger partial charge in [-0.05, 0) is 108 Å². The number of rotatable bonds is 6. The number of para-hydroxylation sites is 5. The first kappa shape index (κ1) is 35.8. The lowest BCUT2D eigenvalue weighted by atomic mass is 9.94.